The van der Waals surface area contributed by atoms with Crippen molar-refractivity contribution in [2.24, 2.45) is 0 Å². The predicted octanol–water partition coefficient (Wildman–Crippen LogP) is 2.22. The van der Waals surface area contributed by atoms with Crippen molar-refractivity contribution < 1.29 is 23.2 Å². The molecule has 0 unspecified atom stereocenters. The van der Waals surface area contributed by atoms with Crippen LogP contribution in [0.15, 0.2) is 36.4 Å². The van der Waals surface area contributed by atoms with Crippen LogP contribution in [0.5, 0.6) is 0 Å². The lowest BCUT2D eigenvalue weighted by Crippen LogP contribution is -2.36. The van der Waals surface area contributed by atoms with Crippen molar-refractivity contribution >= 4 is 17.8 Å². The number of nitrogens with zero attached hydrogens (tertiary/aromatic N) is 2. The lowest BCUT2D eigenvalue weighted by molar-refractivity contribution is -0.125. The molecule has 2 aromatic rings. The maximum absolute atomic E-state index is 14.1. The van der Waals surface area contributed by atoms with E-state index in [2.05, 4.69) is 5.32 Å². The Balaban J connectivity index is 1.47. The molecule has 2 aliphatic heterocycles. The zero-order valence-corrected chi connectivity index (χ0v) is 14.9. The van der Waals surface area contributed by atoms with Gasteiger partial charge in [-0.25, -0.2) is 13.6 Å². The van der Waals surface area contributed by atoms with Gasteiger partial charge >= 0.3 is 6.03 Å². The molecule has 2 heterocycles. The van der Waals surface area contributed by atoms with Crippen LogP contribution >= 0.6 is 0 Å². The highest BCUT2D eigenvalue weighted by molar-refractivity contribution is 6.01. The van der Waals surface area contributed by atoms with Gasteiger partial charge in [-0.15, -0.1) is 0 Å². The van der Waals surface area contributed by atoms with Crippen molar-refractivity contribution in [1.29, 1.82) is 0 Å². The molecule has 144 valence electrons. The Morgan fingerprint density at radius 2 is 1.82 bits per heavy atom. The molecule has 0 atom stereocenters. The number of urea groups is 1. The highest BCUT2D eigenvalue weighted by Gasteiger charge is 2.29. The third kappa shape index (κ3) is 3.21. The zero-order chi connectivity index (χ0) is 19.8. The van der Waals surface area contributed by atoms with Crippen LogP contribution in [0.1, 0.15) is 27.0 Å². The van der Waals surface area contributed by atoms with E-state index in [0.717, 1.165) is 11.0 Å². The van der Waals surface area contributed by atoms with Crippen LogP contribution in [0.2, 0.25) is 0 Å². The van der Waals surface area contributed by atoms with E-state index in [-0.39, 0.29) is 37.0 Å². The standard InChI is InChI=1S/C20H17F2N3O3/c21-16-6-5-13-7-8-24(11-15(13)18(16)22)19(27)14-3-1-12(2-4-14)10-25-17(26)9-23-20(25)28/h1-6H,7-11H2,(H,23,28). The molecular weight excluding hydrogens is 368 g/mol. The van der Waals surface area contributed by atoms with E-state index >= 15 is 0 Å². The van der Waals surface area contributed by atoms with Crippen molar-refractivity contribution in [3.63, 3.8) is 0 Å². The number of carbonyl (C=O) groups excluding carboxylic acids is 3. The van der Waals surface area contributed by atoms with Crippen molar-refractivity contribution in [2.75, 3.05) is 13.1 Å². The molecule has 2 aliphatic rings. The monoisotopic (exact) mass is 385 g/mol. The number of rotatable bonds is 3. The molecule has 6 nitrogen and oxygen atoms in total. The molecule has 0 spiro atoms. The molecule has 28 heavy (non-hydrogen) atoms. The molecule has 2 aromatic carbocycles. The highest BCUT2D eigenvalue weighted by Crippen LogP contribution is 2.25. The van der Waals surface area contributed by atoms with Crippen molar-refractivity contribution in [3.05, 3.63) is 70.3 Å². The smallest absolute Gasteiger partial charge is 0.324 e. The molecular formula is C20H17F2N3O3. The number of imide groups is 1. The van der Waals surface area contributed by atoms with Gasteiger partial charge in [0.1, 0.15) is 0 Å². The largest absolute Gasteiger partial charge is 0.334 e. The molecule has 0 saturated carbocycles. The first kappa shape index (κ1) is 18.1. The number of amides is 4. The third-order valence-corrected chi connectivity index (χ3v) is 5.06. The lowest BCUT2D eigenvalue weighted by Gasteiger charge is -2.29. The van der Waals surface area contributed by atoms with Gasteiger partial charge in [0, 0.05) is 24.2 Å². The van der Waals surface area contributed by atoms with Crippen LogP contribution in [0, 0.1) is 11.6 Å². The fourth-order valence-electron chi connectivity index (χ4n) is 3.47. The summed E-state index contributed by atoms with van der Waals surface area (Å²) in [5.41, 5.74) is 2.04. The van der Waals surface area contributed by atoms with E-state index in [1.807, 2.05) is 0 Å². The second-order valence-electron chi connectivity index (χ2n) is 6.81. The molecule has 4 rings (SSSR count). The van der Waals surface area contributed by atoms with Crippen molar-refractivity contribution in [2.45, 2.75) is 19.5 Å². The molecule has 8 heteroatoms. The first-order valence-corrected chi connectivity index (χ1v) is 8.86. The minimum atomic E-state index is -0.919. The summed E-state index contributed by atoms with van der Waals surface area (Å²) in [6.07, 6.45) is 0.461. The van der Waals surface area contributed by atoms with E-state index in [4.69, 9.17) is 0 Å². The average molecular weight is 385 g/mol. The van der Waals surface area contributed by atoms with Gasteiger partial charge < -0.3 is 10.2 Å². The number of fused-ring (bicyclic) bond motifs is 1. The normalized spacial score (nSPS) is 16.2. The molecule has 0 aromatic heterocycles. The van der Waals surface area contributed by atoms with E-state index in [1.165, 1.54) is 4.90 Å². The molecule has 0 radical (unpaired) electrons. The maximum Gasteiger partial charge on any atom is 0.324 e. The maximum atomic E-state index is 14.1. The molecule has 0 aliphatic carbocycles. The SMILES string of the molecule is O=C(c1ccc(CN2C(=O)CNC2=O)cc1)N1CCc2ccc(F)c(F)c2C1. The number of benzene rings is 2. The second-order valence-corrected chi connectivity index (χ2v) is 6.81. The summed E-state index contributed by atoms with van der Waals surface area (Å²) in [5, 5.41) is 2.45. The van der Waals surface area contributed by atoms with Crippen LogP contribution in [-0.4, -0.2) is 40.7 Å². The first-order chi connectivity index (χ1) is 13.4. The summed E-state index contributed by atoms with van der Waals surface area (Å²) < 4.78 is 27.5. The van der Waals surface area contributed by atoms with Gasteiger partial charge in [-0.05, 0) is 35.7 Å². The van der Waals surface area contributed by atoms with Gasteiger partial charge in [0.2, 0.25) is 5.91 Å². The Kier molecular flexibility index (Phi) is 4.54. The number of halogens is 2. The summed E-state index contributed by atoms with van der Waals surface area (Å²) >= 11 is 0. The number of hydrogen-bond acceptors (Lipinski definition) is 3. The molecule has 1 N–H and O–H groups in total. The quantitative estimate of drug-likeness (QED) is 0.824. The van der Waals surface area contributed by atoms with Crippen molar-refractivity contribution in [3.8, 4) is 0 Å². The first-order valence-electron chi connectivity index (χ1n) is 8.86. The number of nitrogens with one attached hydrogen (secondary N) is 1. The minimum absolute atomic E-state index is 0.0109. The Morgan fingerprint density at radius 3 is 2.50 bits per heavy atom. The molecule has 1 fully saturated rings. The van der Waals surface area contributed by atoms with E-state index < -0.39 is 17.7 Å². The van der Waals surface area contributed by atoms with Gasteiger partial charge in [-0.2, -0.15) is 0 Å². The van der Waals surface area contributed by atoms with Gasteiger partial charge in [0.05, 0.1) is 13.1 Å². The van der Waals surface area contributed by atoms with Crippen molar-refractivity contribution in [1.82, 2.24) is 15.1 Å². The van der Waals surface area contributed by atoms with Crippen LogP contribution < -0.4 is 5.32 Å². The molecule has 1 saturated heterocycles. The van der Waals surface area contributed by atoms with E-state index in [9.17, 15) is 23.2 Å². The average Bonchev–Trinajstić information content (AvgIpc) is 3.03. The zero-order valence-electron chi connectivity index (χ0n) is 14.9. The Hall–Kier alpha value is -3.29. The van der Waals surface area contributed by atoms with Crippen LogP contribution in [-0.2, 0) is 24.3 Å². The second kappa shape index (κ2) is 7.03. The fourth-order valence-corrected chi connectivity index (χ4v) is 3.47. The molecule has 0 bridgehead atoms. The number of carbonyl (C=O) groups is 3. The highest BCUT2D eigenvalue weighted by atomic mass is 19.2. The van der Waals surface area contributed by atoms with Gasteiger partial charge in [-0.3, -0.25) is 14.5 Å². The topological polar surface area (TPSA) is 69.7 Å². The summed E-state index contributed by atoms with van der Waals surface area (Å²) in [6, 6.07) is 8.78. The summed E-state index contributed by atoms with van der Waals surface area (Å²) in [4.78, 5) is 38.6. The van der Waals surface area contributed by atoms with Crippen LogP contribution in [0.4, 0.5) is 13.6 Å². The Morgan fingerprint density at radius 1 is 1.07 bits per heavy atom. The summed E-state index contributed by atoms with van der Waals surface area (Å²) in [5.74, 6) is -2.40. The minimum Gasteiger partial charge on any atom is -0.334 e. The lowest BCUT2D eigenvalue weighted by atomic mass is 9.98. The number of hydrogen-bond donors (Lipinski definition) is 1. The third-order valence-electron chi connectivity index (χ3n) is 5.06. The van der Waals surface area contributed by atoms with E-state index in [0.29, 0.717) is 29.7 Å². The van der Waals surface area contributed by atoms with Crippen LogP contribution in [0.3, 0.4) is 0 Å². The van der Waals surface area contributed by atoms with Gasteiger partial charge in [0.25, 0.3) is 5.91 Å². The predicted molar refractivity (Wildman–Crippen MR) is 95.2 cm³/mol. The Labute approximate surface area is 159 Å². The van der Waals surface area contributed by atoms with Gasteiger partial charge in [-0.1, -0.05) is 18.2 Å². The van der Waals surface area contributed by atoms with E-state index in [1.54, 1.807) is 30.3 Å². The van der Waals surface area contributed by atoms with Gasteiger partial charge in [0.15, 0.2) is 11.6 Å². The Bertz CT molecular complexity index is 959. The van der Waals surface area contributed by atoms with Crippen LogP contribution in [0.25, 0.3) is 0 Å². The summed E-state index contributed by atoms with van der Waals surface area (Å²) in [7, 11) is 0. The summed E-state index contributed by atoms with van der Waals surface area (Å²) in [6.45, 7) is 0.548. The molecule has 4 amide bonds. The fraction of sp³-hybridized carbons (Fsp3) is 0.250.